The molecule has 0 aliphatic rings. The zero-order valence-electron chi connectivity index (χ0n) is 34.1. The van der Waals surface area contributed by atoms with E-state index in [0.29, 0.717) is 0 Å². The van der Waals surface area contributed by atoms with Crippen LogP contribution in [0, 0.1) is 0 Å². The van der Waals surface area contributed by atoms with Crippen LogP contribution in [-0.2, 0) is 0 Å². The van der Waals surface area contributed by atoms with Crippen LogP contribution in [0.1, 0.15) is 0 Å². The Bertz CT molecular complexity index is 4030. The number of thiophene rings is 1. The maximum atomic E-state index is 6.53. The molecule has 3 heteroatoms. The third-order valence-corrected chi connectivity index (χ3v) is 14.1. The molecular formula is C60H37NOS. The van der Waals surface area contributed by atoms with Crippen molar-refractivity contribution >= 4 is 124 Å². The summed E-state index contributed by atoms with van der Waals surface area (Å²) in [5.74, 6) is 0. The van der Waals surface area contributed by atoms with Crippen molar-refractivity contribution in [2.24, 2.45) is 0 Å². The Labute approximate surface area is 367 Å². The van der Waals surface area contributed by atoms with Crippen LogP contribution in [-0.4, -0.2) is 0 Å². The molecule has 0 aliphatic heterocycles. The lowest BCUT2D eigenvalue weighted by atomic mass is 9.93. The summed E-state index contributed by atoms with van der Waals surface area (Å²) >= 11 is 1.90. The maximum Gasteiger partial charge on any atom is 0.137 e. The van der Waals surface area contributed by atoms with E-state index in [2.05, 4.69) is 217 Å². The highest BCUT2D eigenvalue weighted by Crippen LogP contribution is 2.46. The second kappa shape index (κ2) is 14.3. The molecule has 0 aliphatic carbocycles. The van der Waals surface area contributed by atoms with Crippen molar-refractivity contribution < 1.29 is 4.42 Å². The molecule has 0 N–H and O–H groups in total. The first kappa shape index (κ1) is 35.7. The summed E-state index contributed by atoms with van der Waals surface area (Å²) in [6.07, 6.45) is 0. The number of furan rings is 1. The average Bonchev–Trinajstić information content (AvgIpc) is 3.92. The van der Waals surface area contributed by atoms with Crippen LogP contribution in [0.3, 0.4) is 0 Å². The van der Waals surface area contributed by atoms with E-state index in [1.54, 1.807) is 0 Å². The number of benzene rings is 10. The molecule has 2 aromatic heterocycles. The van der Waals surface area contributed by atoms with Gasteiger partial charge in [0, 0.05) is 59.5 Å². The van der Waals surface area contributed by atoms with Gasteiger partial charge in [-0.3, -0.25) is 0 Å². The first-order valence-corrected chi connectivity index (χ1v) is 22.3. The summed E-state index contributed by atoms with van der Waals surface area (Å²) in [6.45, 7) is 0. The second-order valence-corrected chi connectivity index (χ2v) is 17.4. The molecule has 0 atom stereocenters. The number of anilines is 3. The number of nitrogens with zero attached hydrogens (tertiary/aromatic N) is 1. The van der Waals surface area contributed by atoms with Gasteiger partial charge in [0.05, 0.1) is 0 Å². The quantitative estimate of drug-likeness (QED) is 0.176. The van der Waals surface area contributed by atoms with E-state index in [1.807, 2.05) is 23.5 Å². The standard InChI is InChI=1S/C60H37NOS/c1-2-14-38(15-3-1)39-26-28-40(29-27-39)61(42-31-33-50-49-21-10-12-24-56(49)62-57(50)37-42)41-30-32-48-46-19-7-5-17-44(46)43-16-4-6-18-45(43)47-20-8-9-23-52(47)59-53(55(48)36-41)34-35-54-51-22-11-13-25-58(51)63-60(54)59/h1-37H. The van der Waals surface area contributed by atoms with Crippen molar-refractivity contribution in [2.75, 3.05) is 4.90 Å². The average molecular weight is 820 g/mol. The maximum absolute atomic E-state index is 6.53. The molecule has 0 spiro atoms. The molecule has 11 aromatic carbocycles. The molecule has 0 unspecified atom stereocenters. The van der Waals surface area contributed by atoms with Gasteiger partial charge in [-0.15, -0.1) is 11.3 Å². The number of fused-ring (bicyclic) bond motifs is 17. The molecule has 2 nitrogen and oxygen atoms in total. The fourth-order valence-corrected chi connectivity index (χ4v) is 11.3. The lowest BCUT2D eigenvalue weighted by molar-refractivity contribution is 0.669. The Morgan fingerprint density at radius 1 is 0.286 bits per heavy atom. The summed E-state index contributed by atoms with van der Waals surface area (Å²) in [4.78, 5) is 2.38. The molecule has 0 radical (unpaired) electrons. The van der Waals surface area contributed by atoms with Gasteiger partial charge < -0.3 is 9.32 Å². The van der Waals surface area contributed by atoms with Gasteiger partial charge in [-0.2, -0.15) is 0 Å². The van der Waals surface area contributed by atoms with E-state index in [-0.39, 0.29) is 0 Å². The minimum Gasteiger partial charge on any atom is -0.456 e. The van der Waals surface area contributed by atoms with Crippen LogP contribution in [0.2, 0.25) is 0 Å². The van der Waals surface area contributed by atoms with E-state index >= 15 is 0 Å². The minimum atomic E-state index is 0.861. The molecule has 0 bridgehead atoms. The van der Waals surface area contributed by atoms with Gasteiger partial charge in [0.15, 0.2) is 0 Å². The van der Waals surface area contributed by atoms with E-state index < -0.39 is 0 Å². The van der Waals surface area contributed by atoms with Gasteiger partial charge in [-0.25, -0.2) is 0 Å². The molecule has 2 heterocycles. The van der Waals surface area contributed by atoms with Crippen molar-refractivity contribution in [1.29, 1.82) is 0 Å². The molecule has 0 fully saturated rings. The molecule has 0 amide bonds. The normalized spacial score (nSPS) is 11.8. The van der Waals surface area contributed by atoms with Gasteiger partial charge in [-0.05, 0) is 108 Å². The van der Waals surface area contributed by atoms with Gasteiger partial charge in [0.1, 0.15) is 11.2 Å². The molecule has 294 valence electrons. The zero-order valence-corrected chi connectivity index (χ0v) is 34.9. The first-order valence-electron chi connectivity index (χ1n) is 21.5. The molecule has 0 saturated carbocycles. The summed E-state index contributed by atoms with van der Waals surface area (Å²) in [5, 5.41) is 17.0. The zero-order chi connectivity index (χ0) is 41.4. The Balaban J connectivity index is 1.18. The molecule has 0 saturated heterocycles. The Kier molecular flexibility index (Phi) is 8.12. The van der Waals surface area contributed by atoms with Crippen LogP contribution >= 0.6 is 11.3 Å². The van der Waals surface area contributed by atoms with Crippen LogP contribution < -0.4 is 4.90 Å². The molecule has 13 aromatic rings. The predicted octanol–water partition coefficient (Wildman–Crippen LogP) is 18.0. The Morgan fingerprint density at radius 2 is 0.730 bits per heavy atom. The largest absolute Gasteiger partial charge is 0.456 e. The highest BCUT2D eigenvalue weighted by molar-refractivity contribution is 7.26. The molecule has 63 heavy (non-hydrogen) atoms. The summed E-state index contributed by atoms with van der Waals surface area (Å²) in [5.41, 5.74) is 7.26. The fourth-order valence-electron chi connectivity index (χ4n) is 9.99. The first-order chi connectivity index (χ1) is 31.2. The second-order valence-electron chi connectivity index (χ2n) is 16.4. The fraction of sp³-hybridized carbons (Fsp3) is 0. The van der Waals surface area contributed by atoms with Gasteiger partial charge >= 0.3 is 0 Å². The third-order valence-electron chi connectivity index (χ3n) is 12.9. The number of para-hydroxylation sites is 1. The van der Waals surface area contributed by atoms with Crippen molar-refractivity contribution in [1.82, 2.24) is 0 Å². The number of rotatable bonds is 4. The monoisotopic (exact) mass is 819 g/mol. The number of hydrogen-bond donors (Lipinski definition) is 0. The lowest BCUT2D eigenvalue weighted by Crippen LogP contribution is -2.09. The lowest BCUT2D eigenvalue weighted by Gasteiger charge is -2.26. The SMILES string of the molecule is c1ccc(-c2ccc(N(c3ccc4c(c3)oc3ccccc34)c3ccc4c5ccccc5c5ccccc5c5ccccc5c5c(ccc6c7ccccc7sc65)c4c3)cc2)cc1. The van der Waals surface area contributed by atoms with Crippen LogP contribution in [0.4, 0.5) is 17.1 Å². The van der Waals surface area contributed by atoms with Crippen LogP contribution in [0.5, 0.6) is 0 Å². The van der Waals surface area contributed by atoms with Crippen molar-refractivity contribution in [3.8, 4) is 11.1 Å². The van der Waals surface area contributed by atoms with Crippen LogP contribution in [0.25, 0.3) is 107 Å². The Morgan fingerprint density at radius 3 is 1.43 bits per heavy atom. The van der Waals surface area contributed by atoms with Crippen LogP contribution in [0.15, 0.2) is 229 Å². The highest BCUT2D eigenvalue weighted by atomic mass is 32.1. The summed E-state index contributed by atoms with van der Waals surface area (Å²) in [7, 11) is 0. The molecular weight excluding hydrogens is 783 g/mol. The summed E-state index contributed by atoms with van der Waals surface area (Å²) < 4.78 is 9.12. The van der Waals surface area contributed by atoms with Crippen molar-refractivity contribution in [3.63, 3.8) is 0 Å². The minimum absolute atomic E-state index is 0.861. The van der Waals surface area contributed by atoms with Crippen molar-refractivity contribution in [2.45, 2.75) is 0 Å². The molecule has 13 rings (SSSR count). The smallest absolute Gasteiger partial charge is 0.137 e. The van der Waals surface area contributed by atoms with E-state index in [9.17, 15) is 0 Å². The predicted molar refractivity (Wildman–Crippen MR) is 272 cm³/mol. The number of hydrogen-bond acceptors (Lipinski definition) is 3. The topological polar surface area (TPSA) is 16.4 Å². The highest BCUT2D eigenvalue weighted by Gasteiger charge is 2.19. The van der Waals surface area contributed by atoms with E-state index in [1.165, 1.54) is 85.2 Å². The third kappa shape index (κ3) is 5.71. The van der Waals surface area contributed by atoms with Gasteiger partial charge in [0.25, 0.3) is 0 Å². The van der Waals surface area contributed by atoms with Crippen molar-refractivity contribution in [3.05, 3.63) is 224 Å². The van der Waals surface area contributed by atoms with Gasteiger partial charge in [0.2, 0.25) is 0 Å². The Hall–Kier alpha value is -7.98. The summed E-state index contributed by atoms with van der Waals surface area (Å²) in [6, 6.07) is 82.0. The van der Waals surface area contributed by atoms with Gasteiger partial charge in [-0.1, -0.05) is 170 Å². The van der Waals surface area contributed by atoms with E-state index in [4.69, 9.17) is 4.42 Å². The van der Waals surface area contributed by atoms with E-state index in [0.717, 1.165) is 39.0 Å².